The summed E-state index contributed by atoms with van der Waals surface area (Å²) in [5.41, 5.74) is 2.46. The van der Waals surface area contributed by atoms with Crippen molar-refractivity contribution in [3.8, 4) is 0 Å². The van der Waals surface area contributed by atoms with Gasteiger partial charge in [0, 0.05) is 19.3 Å². The van der Waals surface area contributed by atoms with Crippen LogP contribution in [0.3, 0.4) is 0 Å². The van der Waals surface area contributed by atoms with E-state index in [9.17, 15) is 17.6 Å². The minimum atomic E-state index is -3.42. The molecule has 1 amide bonds. The highest BCUT2D eigenvalue weighted by atomic mass is 32.2. The summed E-state index contributed by atoms with van der Waals surface area (Å²) < 4.78 is 44.0. The minimum Gasteiger partial charge on any atom is -0.444 e. The van der Waals surface area contributed by atoms with Crippen molar-refractivity contribution in [1.82, 2.24) is 9.80 Å². The average Bonchev–Trinajstić information content (AvgIpc) is 2.79. The number of sulfone groups is 1. The Labute approximate surface area is 187 Å². The first-order valence-electron chi connectivity index (χ1n) is 11.1. The Hall–Kier alpha value is -2.45. The number of hydrogen-bond donors (Lipinski definition) is 0. The summed E-state index contributed by atoms with van der Waals surface area (Å²) in [6, 6.07) is 10.6. The monoisotopic (exact) mass is 458 g/mol. The number of carbonyl (C=O) groups is 1. The third-order valence-corrected chi connectivity index (χ3v) is 8.15. The minimum absolute atomic E-state index is 0.123. The second kappa shape index (κ2) is 8.15. The van der Waals surface area contributed by atoms with Crippen molar-refractivity contribution in [1.29, 1.82) is 0 Å². The number of carbonyl (C=O) groups excluding carboxylic acids is 1. The molecular weight excluding hydrogens is 431 g/mol. The number of amides is 1. The van der Waals surface area contributed by atoms with Gasteiger partial charge in [-0.1, -0.05) is 18.2 Å². The van der Waals surface area contributed by atoms with Crippen LogP contribution in [-0.4, -0.2) is 62.8 Å². The van der Waals surface area contributed by atoms with Crippen LogP contribution in [0.4, 0.5) is 9.18 Å². The Balaban J connectivity index is 1.50. The summed E-state index contributed by atoms with van der Waals surface area (Å²) in [4.78, 5) is 17.6. The normalized spacial score (nSPS) is 27.1. The highest BCUT2D eigenvalue weighted by Crippen LogP contribution is 2.38. The van der Waals surface area contributed by atoms with E-state index in [1.54, 1.807) is 29.2 Å². The SMILES string of the molecule is CS(=O)(=O)c1ccc2c(c1)[C@@H](c1ccc(F)cc1)N(C(=O)O[C@@H]1CN3CCC1CC3)CC2. The summed E-state index contributed by atoms with van der Waals surface area (Å²) in [5.74, 6) is 0.0261. The predicted molar refractivity (Wildman–Crippen MR) is 118 cm³/mol. The largest absolute Gasteiger partial charge is 0.444 e. The lowest BCUT2D eigenvalue weighted by Crippen LogP contribution is -2.53. The Kier molecular flexibility index (Phi) is 5.45. The fourth-order valence-electron chi connectivity index (χ4n) is 5.27. The average molecular weight is 459 g/mol. The summed E-state index contributed by atoms with van der Waals surface area (Å²) in [5, 5.41) is 0. The molecule has 2 aromatic carbocycles. The van der Waals surface area contributed by atoms with Gasteiger partial charge in [-0.15, -0.1) is 0 Å². The molecule has 3 saturated heterocycles. The van der Waals surface area contributed by atoms with E-state index in [0.29, 0.717) is 18.9 Å². The maximum atomic E-state index is 13.6. The molecule has 2 bridgehead atoms. The number of piperidine rings is 3. The molecule has 4 heterocycles. The van der Waals surface area contributed by atoms with Crippen molar-refractivity contribution in [3.63, 3.8) is 0 Å². The topological polar surface area (TPSA) is 66.9 Å². The molecule has 0 unspecified atom stereocenters. The molecule has 0 saturated carbocycles. The third kappa shape index (κ3) is 4.01. The number of ether oxygens (including phenoxy) is 1. The molecule has 4 aliphatic heterocycles. The Bertz CT molecular complexity index is 1130. The zero-order valence-corrected chi connectivity index (χ0v) is 18.9. The molecule has 0 spiro atoms. The molecule has 0 radical (unpaired) electrons. The van der Waals surface area contributed by atoms with Gasteiger partial charge in [-0.05, 0) is 79.2 Å². The highest BCUT2D eigenvalue weighted by molar-refractivity contribution is 7.90. The smallest absolute Gasteiger partial charge is 0.410 e. The second-order valence-corrected chi connectivity index (χ2v) is 11.1. The third-order valence-electron chi connectivity index (χ3n) is 7.04. The molecule has 8 heteroatoms. The van der Waals surface area contributed by atoms with Gasteiger partial charge in [-0.2, -0.15) is 0 Å². The summed E-state index contributed by atoms with van der Waals surface area (Å²) in [6.45, 7) is 3.33. The van der Waals surface area contributed by atoms with Crippen LogP contribution in [0.2, 0.25) is 0 Å². The summed E-state index contributed by atoms with van der Waals surface area (Å²) >= 11 is 0. The molecule has 6 nitrogen and oxygen atoms in total. The zero-order valence-electron chi connectivity index (χ0n) is 18.0. The fourth-order valence-corrected chi connectivity index (χ4v) is 5.92. The molecule has 3 fully saturated rings. The molecule has 4 aliphatic rings. The van der Waals surface area contributed by atoms with Crippen LogP contribution in [0.1, 0.15) is 35.6 Å². The number of halogens is 1. The van der Waals surface area contributed by atoms with Gasteiger partial charge in [0.25, 0.3) is 0 Å². The van der Waals surface area contributed by atoms with E-state index in [1.807, 2.05) is 6.07 Å². The molecule has 32 heavy (non-hydrogen) atoms. The van der Waals surface area contributed by atoms with Crippen LogP contribution < -0.4 is 0 Å². The van der Waals surface area contributed by atoms with Crippen LogP contribution in [0, 0.1) is 11.7 Å². The lowest BCUT2D eigenvalue weighted by Gasteiger charge is -2.45. The zero-order chi connectivity index (χ0) is 22.5. The summed E-state index contributed by atoms with van der Waals surface area (Å²) in [6.07, 6.45) is 3.34. The lowest BCUT2D eigenvalue weighted by molar-refractivity contribution is -0.0462. The standard InChI is InChI=1S/C24H27FN2O4S/c1-32(29,30)20-7-4-16-10-13-27(23(21(16)14-20)18-2-5-19(25)6-3-18)24(28)31-22-15-26-11-8-17(22)9-12-26/h2-7,14,17,22-23H,8-13,15H2,1H3/t22-,23-/m1/s1. The van der Waals surface area contributed by atoms with E-state index in [0.717, 1.165) is 49.2 Å². The molecule has 2 atom stereocenters. The second-order valence-electron chi connectivity index (χ2n) is 9.09. The van der Waals surface area contributed by atoms with E-state index >= 15 is 0 Å². The van der Waals surface area contributed by atoms with Gasteiger partial charge >= 0.3 is 6.09 Å². The Morgan fingerprint density at radius 2 is 1.78 bits per heavy atom. The van der Waals surface area contributed by atoms with E-state index in [4.69, 9.17) is 4.74 Å². The van der Waals surface area contributed by atoms with Crippen LogP contribution in [-0.2, 0) is 21.0 Å². The number of hydrogen-bond acceptors (Lipinski definition) is 5. The highest BCUT2D eigenvalue weighted by Gasteiger charge is 2.40. The first-order chi connectivity index (χ1) is 15.3. The number of nitrogens with zero attached hydrogens (tertiary/aromatic N) is 2. The molecular formula is C24H27FN2O4S. The van der Waals surface area contributed by atoms with Gasteiger partial charge in [0.1, 0.15) is 11.9 Å². The number of fused-ring (bicyclic) bond motifs is 4. The Morgan fingerprint density at radius 1 is 1.06 bits per heavy atom. The van der Waals surface area contributed by atoms with E-state index < -0.39 is 22.0 Å². The van der Waals surface area contributed by atoms with E-state index in [-0.39, 0.29) is 16.8 Å². The summed E-state index contributed by atoms with van der Waals surface area (Å²) in [7, 11) is -3.42. The van der Waals surface area contributed by atoms with Crippen molar-refractivity contribution in [3.05, 3.63) is 65.0 Å². The molecule has 2 aromatic rings. The van der Waals surface area contributed by atoms with Gasteiger partial charge in [-0.3, -0.25) is 9.80 Å². The molecule has 0 aromatic heterocycles. The van der Waals surface area contributed by atoms with Crippen LogP contribution in [0.25, 0.3) is 0 Å². The van der Waals surface area contributed by atoms with Crippen LogP contribution >= 0.6 is 0 Å². The van der Waals surface area contributed by atoms with Crippen LogP contribution in [0.15, 0.2) is 47.4 Å². The quantitative estimate of drug-likeness (QED) is 0.705. The van der Waals surface area contributed by atoms with E-state index in [1.165, 1.54) is 18.4 Å². The van der Waals surface area contributed by atoms with Crippen molar-refractivity contribution in [2.45, 2.75) is 36.3 Å². The maximum Gasteiger partial charge on any atom is 0.410 e. The predicted octanol–water partition coefficient (Wildman–Crippen LogP) is 3.41. The number of rotatable bonds is 3. The van der Waals surface area contributed by atoms with E-state index in [2.05, 4.69) is 4.90 Å². The number of benzene rings is 2. The lowest BCUT2D eigenvalue weighted by atomic mass is 9.86. The van der Waals surface area contributed by atoms with Gasteiger partial charge in [0.05, 0.1) is 10.9 Å². The van der Waals surface area contributed by atoms with Crippen molar-refractivity contribution in [2.24, 2.45) is 5.92 Å². The van der Waals surface area contributed by atoms with Gasteiger partial charge in [0.15, 0.2) is 9.84 Å². The van der Waals surface area contributed by atoms with Crippen molar-refractivity contribution < 1.29 is 22.3 Å². The van der Waals surface area contributed by atoms with Gasteiger partial charge < -0.3 is 4.74 Å². The van der Waals surface area contributed by atoms with Gasteiger partial charge in [0.2, 0.25) is 0 Å². The van der Waals surface area contributed by atoms with Gasteiger partial charge in [-0.25, -0.2) is 17.6 Å². The maximum absolute atomic E-state index is 13.6. The first kappa shape index (κ1) is 21.4. The Morgan fingerprint density at radius 3 is 2.41 bits per heavy atom. The molecule has 170 valence electrons. The first-order valence-corrected chi connectivity index (χ1v) is 13.0. The fraction of sp³-hybridized carbons (Fsp3) is 0.458. The van der Waals surface area contributed by atoms with Crippen molar-refractivity contribution >= 4 is 15.9 Å². The molecule has 0 aliphatic carbocycles. The van der Waals surface area contributed by atoms with Crippen molar-refractivity contribution in [2.75, 3.05) is 32.4 Å². The molecule has 0 N–H and O–H groups in total. The van der Waals surface area contributed by atoms with Crippen LogP contribution in [0.5, 0.6) is 0 Å². The molecule has 6 rings (SSSR count).